The number of hydrogen-bond donors (Lipinski definition) is 0. The first-order chi connectivity index (χ1) is 12.2. The smallest absolute Gasteiger partial charge is 0.231 e. The summed E-state index contributed by atoms with van der Waals surface area (Å²) < 4.78 is 0. The number of hydrazone groups is 1. The van der Waals surface area contributed by atoms with Crippen LogP contribution in [-0.2, 0) is 0 Å². The van der Waals surface area contributed by atoms with E-state index in [-0.39, 0.29) is 0 Å². The third kappa shape index (κ3) is 4.04. The molecule has 0 bridgehead atoms. The summed E-state index contributed by atoms with van der Waals surface area (Å²) in [5.74, 6) is 2.78. The number of aromatic nitrogens is 2. The number of hydrogen-bond acceptors (Lipinski definition) is 4. The van der Waals surface area contributed by atoms with Crippen molar-refractivity contribution in [2.24, 2.45) is 22.4 Å². The van der Waals surface area contributed by atoms with Gasteiger partial charge in [-0.15, -0.1) is 0 Å². The molecule has 4 heteroatoms. The van der Waals surface area contributed by atoms with Gasteiger partial charge in [0, 0.05) is 24.5 Å². The van der Waals surface area contributed by atoms with E-state index >= 15 is 0 Å². The van der Waals surface area contributed by atoms with Crippen LogP contribution in [0.25, 0.3) is 0 Å². The first kappa shape index (κ1) is 17.0. The average molecular weight is 341 g/mol. The molecule has 0 atom stereocenters. The molecule has 0 radical (unpaired) electrons. The lowest BCUT2D eigenvalue weighted by molar-refractivity contribution is 0.119. The van der Waals surface area contributed by atoms with Crippen molar-refractivity contribution in [3.8, 4) is 0 Å². The summed E-state index contributed by atoms with van der Waals surface area (Å²) >= 11 is 0. The quantitative estimate of drug-likeness (QED) is 0.755. The molecule has 25 heavy (non-hydrogen) atoms. The van der Waals surface area contributed by atoms with Crippen LogP contribution in [0.4, 0.5) is 5.95 Å². The molecule has 2 aliphatic carbocycles. The number of anilines is 1. The summed E-state index contributed by atoms with van der Waals surface area (Å²) in [6, 6.07) is 1.86. The zero-order chi connectivity index (χ0) is 17.1. The van der Waals surface area contributed by atoms with Crippen molar-refractivity contribution in [1.29, 1.82) is 0 Å². The van der Waals surface area contributed by atoms with Crippen LogP contribution < -0.4 is 5.01 Å². The van der Waals surface area contributed by atoms with Crippen molar-refractivity contribution in [2.45, 2.75) is 77.6 Å². The SMILES string of the molecule is CC1(CC2=NN(c3ncccn3)CC2)CCC(C2CCCCC2)CC1. The molecule has 0 aromatic carbocycles. The zero-order valence-electron chi connectivity index (χ0n) is 15.7. The Kier molecular flexibility index (Phi) is 5.05. The minimum Gasteiger partial charge on any atom is -0.231 e. The van der Waals surface area contributed by atoms with E-state index in [9.17, 15) is 0 Å². The topological polar surface area (TPSA) is 41.4 Å². The van der Waals surface area contributed by atoms with Gasteiger partial charge in [-0.25, -0.2) is 15.0 Å². The molecule has 136 valence electrons. The molecule has 0 amide bonds. The van der Waals surface area contributed by atoms with E-state index in [2.05, 4.69) is 16.9 Å². The van der Waals surface area contributed by atoms with Gasteiger partial charge in [-0.1, -0.05) is 39.0 Å². The molecule has 2 saturated carbocycles. The second kappa shape index (κ2) is 7.43. The summed E-state index contributed by atoms with van der Waals surface area (Å²) in [6.45, 7) is 3.43. The lowest BCUT2D eigenvalue weighted by atomic mass is 9.64. The molecule has 4 nitrogen and oxygen atoms in total. The van der Waals surface area contributed by atoms with Gasteiger partial charge in [-0.3, -0.25) is 0 Å². The van der Waals surface area contributed by atoms with Gasteiger partial charge < -0.3 is 0 Å². The minimum absolute atomic E-state index is 0.456. The normalized spacial score (nSPS) is 31.2. The summed E-state index contributed by atoms with van der Waals surface area (Å²) in [5.41, 5.74) is 1.81. The van der Waals surface area contributed by atoms with E-state index in [0.29, 0.717) is 5.41 Å². The fourth-order valence-corrected chi connectivity index (χ4v) is 5.28. The molecular weight excluding hydrogens is 308 g/mol. The van der Waals surface area contributed by atoms with Crippen LogP contribution in [0.2, 0.25) is 0 Å². The largest absolute Gasteiger partial charge is 0.246 e. The molecule has 0 saturated heterocycles. The minimum atomic E-state index is 0.456. The maximum Gasteiger partial charge on any atom is 0.246 e. The van der Waals surface area contributed by atoms with Gasteiger partial charge in [0.1, 0.15) is 0 Å². The van der Waals surface area contributed by atoms with Crippen molar-refractivity contribution in [3.63, 3.8) is 0 Å². The van der Waals surface area contributed by atoms with Gasteiger partial charge in [-0.2, -0.15) is 5.10 Å². The Bertz CT molecular complexity index is 583. The van der Waals surface area contributed by atoms with Crippen LogP contribution in [0.15, 0.2) is 23.6 Å². The first-order valence-electron chi connectivity index (χ1n) is 10.3. The molecule has 3 aliphatic rings. The van der Waals surface area contributed by atoms with Gasteiger partial charge in [0.25, 0.3) is 0 Å². The lowest BCUT2D eigenvalue weighted by Crippen LogP contribution is -2.30. The zero-order valence-corrected chi connectivity index (χ0v) is 15.7. The van der Waals surface area contributed by atoms with Gasteiger partial charge in [0.15, 0.2) is 0 Å². The van der Waals surface area contributed by atoms with Crippen molar-refractivity contribution in [1.82, 2.24) is 9.97 Å². The highest BCUT2D eigenvalue weighted by atomic mass is 15.5. The highest BCUT2D eigenvalue weighted by molar-refractivity contribution is 5.88. The molecule has 4 rings (SSSR count). The molecule has 2 heterocycles. The first-order valence-corrected chi connectivity index (χ1v) is 10.3. The van der Waals surface area contributed by atoms with E-state index in [4.69, 9.17) is 5.10 Å². The van der Waals surface area contributed by atoms with Crippen LogP contribution in [0.3, 0.4) is 0 Å². The third-order valence-electron chi connectivity index (χ3n) is 6.84. The second-order valence-electron chi connectivity index (χ2n) is 8.81. The highest BCUT2D eigenvalue weighted by Crippen LogP contribution is 2.46. The van der Waals surface area contributed by atoms with Crippen molar-refractivity contribution >= 4 is 11.7 Å². The fourth-order valence-electron chi connectivity index (χ4n) is 5.28. The van der Waals surface area contributed by atoms with Crippen molar-refractivity contribution < 1.29 is 0 Å². The van der Waals surface area contributed by atoms with Crippen LogP contribution >= 0.6 is 0 Å². The lowest BCUT2D eigenvalue weighted by Gasteiger charge is -2.41. The Morgan fingerprint density at radius 1 is 1.00 bits per heavy atom. The monoisotopic (exact) mass is 340 g/mol. The summed E-state index contributed by atoms with van der Waals surface area (Å²) in [5, 5.41) is 6.81. The van der Waals surface area contributed by atoms with Crippen LogP contribution in [0.5, 0.6) is 0 Å². The Labute approximate surface area is 152 Å². The van der Waals surface area contributed by atoms with E-state index in [1.165, 1.54) is 63.5 Å². The van der Waals surface area contributed by atoms with Crippen LogP contribution in [0, 0.1) is 17.3 Å². The molecule has 0 spiro atoms. The van der Waals surface area contributed by atoms with Crippen molar-refractivity contribution in [3.05, 3.63) is 18.5 Å². The van der Waals surface area contributed by atoms with E-state index in [1.54, 1.807) is 12.4 Å². The van der Waals surface area contributed by atoms with E-state index < -0.39 is 0 Å². The second-order valence-corrected chi connectivity index (χ2v) is 8.81. The average Bonchev–Trinajstić information content (AvgIpc) is 3.12. The molecule has 0 unspecified atom stereocenters. The van der Waals surface area contributed by atoms with E-state index in [1.807, 2.05) is 11.1 Å². The molecule has 1 aliphatic heterocycles. The molecular formula is C21H32N4. The number of nitrogens with zero attached hydrogens (tertiary/aromatic N) is 4. The fraction of sp³-hybridized carbons (Fsp3) is 0.762. The summed E-state index contributed by atoms with van der Waals surface area (Å²) in [4.78, 5) is 8.66. The van der Waals surface area contributed by atoms with Gasteiger partial charge in [-0.05, 0) is 55.4 Å². The molecule has 1 aromatic heterocycles. The van der Waals surface area contributed by atoms with Crippen LogP contribution in [0.1, 0.15) is 77.6 Å². The van der Waals surface area contributed by atoms with Gasteiger partial charge >= 0.3 is 0 Å². The standard InChI is InChI=1S/C21H32N4/c1-21(11-8-18(9-12-21)17-6-3-2-4-7-17)16-19-10-15-25(24-19)20-22-13-5-14-23-20/h5,13-14,17-18H,2-4,6-12,15-16H2,1H3. The summed E-state index contributed by atoms with van der Waals surface area (Å²) in [6.07, 6.45) is 18.9. The van der Waals surface area contributed by atoms with Gasteiger partial charge in [0.2, 0.25) is 5.95 Å². The van der Waals surface area contributed by atoms with Crippen LogP contribution in [-0.4, -0.2) is 22.2 Å². The summed E-state index contributed by atoms with van der Waals surface area (Å²) in [7, 11) is 0. The predicted octanol–water partition coefficient (Wildman–Crippen LogP) is 5.21. The van der Waals surface area contributed by atoms with Crippen molar-refractivity contribution in [2.75, 3.05) is 11.6 Å². The highest BCUT2D eigenvalue weighted by Gasteiger charge is 2.36. The molecule has 0 N–H and O–H groups in total. The maximum absolute atomic E-state index is 4.83. The molecule has 1 aromatic rings. The third-order valence-corrected chi connectivity index (χ3v) is 6.84. The molecule has 2 fully saturated rings. The Morgan fingerprint density at radius 3 is 2.40 bits per heavy atom. The Hall–Kier alpha value is -1.45. The predicted molar refractivity (Wildman–Crippen MR) is 103 cm³/mol. The maximum atomic E-state index is 4.83. The van der Waals surface area contributed by atoms with Gasteiger partial charge in [0.05, 0.1) is 6.54 Å². The number of rotatable bonds is 4. The Morgan fingerprint density at radius 2 is 1.68 bits per heavy atom. The Balaban J connectivity index is 1.32. The van der Waals surface area contributed by atoms with E-state index in [0.717, 1.165) is 37.2 Å².